The van der Waals surface area contributed by atoms with Gasteiger partial charge in [-0.3, -0.25) is 0 Å². The lowest BCUT2D eigenvalue weighted by atomic mass is 10.6. The highest BCUT2D eigenvalue weighted by atomic mass is 28.3. The molecule has 1 atom stereocenters. The van der Waals surface area contributed by atoms with E-state index in [1.54, 1.807) is 0 Å². The van der Waals surface area contributed by atoms with Gasteiger partial charge in [-0.1, -0.05) is 0 Å². The molecule has 1 saturated heterocycles. The van der Waals surface area contributed by atoms with Crippen LogP contribution in [-0.2, 0) is 8.85 Å². The van der Waals surface area contributed by atoms with Crippen molar-refractivity contribution in [2.75, 3.05) is 19.8 Å². The molecule has 0 aromatic rings. The highest BCUT2D eigenvalue weighted by Crippen LogP contribution is 1.89. The van der Waals surface area contributed by atoms with Crippen LogP contribution in [0, 0.1) is 0 Å². The molecule has 0 bridgehead atoms. The third kappa shape index (κ3) is 10.1. The molecule has 1 rings (SSSR count). The maximum absolute atomic E-state index is 5.20. The lowest BCUT2D eigenvalue weighted by Crippen LogP contribution is -2.17. The number of nitrogens with one attached hydrogen (secondary N) is 1. The van der Waals surface area contributed by atoms with E-state index in [4.69, 9.17) is 8.85 Å². The third-order valence-corrected chi connectivity index (χ3v) is 3.02. The van der Waals surface area contributed by atoms with Crippen LogP contribution in [0.25, 0.3) is 0 Å². The van der Waals surface area contributed by atoms with Gasteiger partial charge in [-0.05, 0) is 27.3 Å². The molecule has 1 aliphatic rings. The Balaban J connectivity index is 0.000000247. The van der Waals surface area contributed by atoms with Crippen molar-refractivity contribution in [3.63, 3.8) is 0 Å². The third-order valence-electron chi connectivity index (χ3n) is 1.42. The van der Waals surface area contributed by atoms with E-state index >= 15 is 0 Å². The van der Waals surface area contributed by atoms with Crippen LogP contribution in [0.3, 0.4) is 0 Å². The predicted octanol–water partition coefficient (Wildman–Crippen LogP) is 0.888. The largest absolute Gasteiger partial charge is 0.397 e. The van der Waals surface area contributed by atoms with Crippen molar-refractivity contribution in [3.05, 3.63) is 0 Å². The molecule has 0 aliphatic carbocycles. The molecule has 74 valence electrons. The number of rotatable bonds is 4. The van der Waals surface area contributed by atoms with Crippen molar-refractivity contribution in [2.45, 2.75) is 33.4 Å². The molecule has 0 aromatic heterocycles. The first-order chi connectivity index (χ1) is 5.70. The van der Waals surface area contributed by atoms with E-state index in [0.29, 0.717) is 0 Å². The topological polar surface area (TPSA) is 40.4 Å². The van der Waals surface area contributed by atoms with Crippen LogP contribution in [0.4, 0.5) is 0 Å². The van der Waals surface area contributed by atoms with Gasteiger partial charge in [-0.15, -0.1) is 0 Å². The molecule has 1 fully saturated rings. The zero-order chi connectivity index (χ0) is 9.40. The zero-order valence-electron chi connectivity index (χ0n) is 8.59. The highest BCUT2D eigenvalue weighted by Gasteiger charge is 2.10. The summed E-state index contributed by atoms with van der Waals surface area (Å²) >= 11 is 0. The maximum atomic E-state index is 5.20. The van der Waals surface area contributed by atoms with Gasteiger partial charge in [0.25, 0.3) is 0 Å². The second-order valence-electron chi connectivity index (χ2n) is 2.79. The molecule has 1 heterocycles. The molecule has 12 heavy (non-hydrogen) atoms. The van der Waals surface area contributed by atoms with Crippen LogP contribution in [0.1, 0.15) is 20.8 Å². The highest BCUT2D eigenvalue weighted by molar-refractivity contribution is 6.42. The fourth-order valence-corrected chi connectivity index (χ4v) is 1.67. The van der Waals surface area contributed by atoms with Gasteiger partial charge in [0.05, 0.1) is 0 Å². The zero-order valence-corrected chi connectivity index (χ0v) is 9.75. The molecule has 0 saturated carbocycles. The number of hydrogen-bond acceptors (Lipinski definition) is 3. The van der Waals surface area contributed by atoms with Crippen LogP contribution in [0.5, 0.6) is 0 Å². The minimum atomic E-state index is -1.20. The van der Waals surface area contributed by atoms with E-state index in [2.05, 4.69) is 12.2 Å². The quantitative estimate of drug-likeness (QED) is 0.530. The first kappa shape index (κ1) is 12.1. The van der Waals surface area contributed by atoms with Gasteiger partial charge in [0.15, 0.2) is 0 Å². The summed E-state index contributed by atoms with van der Waals surface area (Å²) in [5.41, 5.74) is 0. The van der Waals surface area contributed by atoms with Crippen LogP contribution >= 0.6 is 0 Å². The summed E-state index contributed by atoms with van der Waals surface area (Å²) in [5, 5.41) is 3.10. The van der Waals surface area contributed by atoms with Crippen molar-refractivity contribution < 1.29 is 8.85 Å². The summed E-state index contributed by atoms with van der Waals surface area (Å²) in [7, 11) is -1.20. The smallest absolute Gasteiger partial charge is 0.318 e. The Morgan fingerprint density at radius 2 is 1.67 bits per heavy atom. The molecule has 4 heteroatoms. The summed E-state index contributed by atoms with van der Waals surface area (Å²) < 4.78 is 10.4. The summed E-state index contributed by atoms with van der Waals surface area (Å²) in [6.45, 7) is 11.0. The minimum Gasteiger partial charge on any atom is -0.397 e. The summed E-state index contributed by atoms with van der Waals surface area (Å²) in [5.74, 6) is 0. The van der Waals surface area contributed by atoms with E-state index in [1.807, 2.05) is 20.4 Å². The summed E-state index contributed by atoms with van der Waals surface area (Å²) in [6.07, 6.45) is 0. The molecule has 0 aromatic carbocycles. The molecule has 1 N–H and O–H groups in total. The second kappa shape index (κ2) is 7.73. The van der Waals surface area contributed by atoms with Gasteiger partial charge in [-0.2, -0.15) is 0 Å². The van der Waals surface area contributed by atoms with Crippen molar-refractivity contribution in [3.8, 4) is 0 Å². The standard InChI is InChI=1S/C5H14O2Si.C3H7N/c1-4-6-8(3)7-5-2;1-3-2-4-3/h8H,4-5H2,1-3H3;3-4H,2H2,1H3. The Labute approximate surface area is 77.3 Å². The molecule has 0 amide bonds. The molecule has 0 radical (unpaired) electrons. The average molecular weight is 191 g/mol. The Morgan fingerprint density at radius 1 is 1.33 bits per heavy atom. The van der Waals surface area contributed by atoms with Gasteiger partial charge < -0.3 is 14.2 Å². The average Bonchev–Trinajstić information content (AvgIpc) is 2.74. The van der Waals surface area contributed by atoms with Gasteiger partial charge in [-0.25, -0.2) is 0 Å². The minimum absolute atomic E-state index is 0.785. The van der Waals surface area contributed by atoms with Gasteiger partial charge >= 0.3 is 9.28 Å². The van der Waals surface area contributed by atoms with E-state index in [0.717, 1.165) is 19.3 Å². The summed E-state index contributed by atoms with van der Waals surface area (Å²) in [6, 6.07) is 0.833. The van der Waals surface area contributed by atoms with Crippen molar-refractivity contribution in [1.82, 2.24) is 5.32 Å². The Hall–Kier alpha value is 0.0969. The molecule has 1 unspecified atom stereocenters. The lowest BCUT2D eigenvalue weighted by molar-refractivity contribution is 0.219. The van der Waals surface area contributed by atoms with E-state index in [1.165, 1.54) is 6.54 Å². The van der Waals surface area contributed by atoms with Crippen molar-refractivity contribution in [1.29, 1.82) is 0 Å². The summed E-state index contributed by atoms with van der Waals surface area (Å²) in [4.78, 5) is 0. The van der Waals surface area contributed by atoms with Gasteiger partial charge in [0, 0.05) is 25.8 Å². The van der Waals surface area contributed by atoms with Crippen molar-refractivity contribution >= 4 is 9.28 Å². The van der Waals surface area contributed by atoms with E-state index < -0.39 is 9.28 Å². The van der Waals surface area contributed by atoms with Crippen LogP contribution in [-0.4, -0.2) is 35.1 Å². The fourth-order valence-electron chi connectivity index (χ4n) is 0.635. The van der Waals surface area contributed by atoms with Crippen LogP contribution in [0.15, 0.2) is 0 Å². The molecule has 3 nitrogen and oxygen atoms in total. The van der Waals surface area contributed by atoms with Gasteiger partial charge in [0.2, 0.25) is 0 Å². The molecule has 1 aliphatic heterocycles. The molecular formula is C8H21NO2Si. The first-order valence-electron chi connectivity index (χ1n) is 4.67. The Morgan fingerprint density at radius 3 is 1.83 bits per heavy atom. The normalized spacial score (nSPS) is 20.2. The second-order valence-corrected chi connectivity index (χ2v) is 4.59. The maximum Gasteiger partial charge on any atom is 0.318 e. The van der Waals surface area contributed by atoms with E-state index in [9.17, 15) is 0 Å². The lowest BCUT2D eigenvalue weighted by Gasteiger charge is -2.07. The van der Waals surface area contributed by atoms with Crippen LogP contribution in [0.2, 0.25) is 6.55 Å². The SMILES string of the molecule is CC1CN1.CCO[SiH](C)OCC. The first-order valence-corrected chi connectivity index (χ1v) is 6.77. The monoisotopic (exact) mass is 191 g/mol. The Bertz CT molecular complexity index is 93.1. The van der Waals surface area contributed by atoms with E-state index in [-0.39, 0.29) is 0 Å². The number of hydrogen-bond donors (Lipinski definition) is 1. The predicted molar refractivity (Wildman–Crippen MR) is 53.7 cm³/mol. The Kier molecular flexibility index (Phi) is 7.79. The molecular weight excluding hydrogens is 170 g/mol. The van der Waals surface area contributed by atoms with Crippen LogP contribution < -0.4 is 5.32 Å². The van der Waals surface area contributed by atoms with Gasteiger partial charge in [0.1, 0.15) is 0 Å². The molecule has 0 spiro atoms. The van der Waals surface area contributed by atoms with Crippen molar-refractivity contribution in [2.24, 2.45) is 0 Å². The fraction of sp³-hybridized carbons (Fsp3) is 1.00.